The van der Waals surface area contributed by atoms with Crippen LogP contribution in [0.2, 0.25) is 0 Å². The number of aromatic nitrogens is 2. The van der Waals surface area contributed by atoms with E-state index < -0.39 is 0 Å². The molecule has 5 nitrogen and oxygen atoms in total. The molecular weight excluding hydrogens is 307 g/mol. The zero-order valence-electron chi connectivity index (χ0n) is 12.4. The smallest absolute Gasteiger partial charge is 0.221 e. The predicted octanol–water partition coefficient (Wildman–Crippen LogP) is 1.70. The van der Waals surface area contributed by atoms with Gasteiger partial charge in [0.25, 0.3) is 0 Å². The van der Waals surface area contributed by atoms with E-state index in [0.717, 1.165) is 11.4 Å². The molecule has 2 N–H and O–H groups in total. The molecule has 0 atom stereocenters. The van der Waals surface area contributed by atoms with Gasteiger partial charge in [-0.2, -0.15) is 5.10 Å². The third-order valence-electron chi connectivity index (χ3n) is 3.04. The number of carbonyl (C=O) groups excluding carboxylic acids is 1. The fourth-order valence-electron chi connectivity index (χ4n) is 1.89. The van der Waals surface area contributed by atoms with Crippen molar-refractivity contribution < 1.29 is 9.18 Å². The van der Waals surface area contributed by atoms with Crippen LogP contribution in [0.15, 0.2) is 36.5 Å². The number of rotatable bonds is 7. The lowest BCUT2D eigenvalue weighted by Crippen LogP contribution is -2.28. The first kappa shape index (κ1) is 18.1. The second-order valence-electron chi connectivity index (χ2n) is 4.68. The van der Waals surface area contributed by atoms with E-state index in [0.29, 0.717) is 25.9 Å². The largest absolute Gasteiger partial charge is 0.356 e. The van der Waals surface area contributed by atoms with Gasteiger partial charge in [0.05, 0.1) is 11.4 Å². The molecule has 2 aromatic rings. The molecule has 7 heteroatoms. The Bertz CT molecular complexity index is 585. The second kappa shape index (κ2) is 9.17. The molecule has 0 saturated heterocycles. The highest BCUT2D eigenvalue weighted by molar-refractivity contribution is 5.85. The van der Waals surface area contributed by atoms with Crippen LogP contribution < -0.4 is 10.6 Å². The van der Waals surface area contributed by atoms with Crippen molar-refractivity contribution >= 4 is 18.3 Å². The lowest BCUT2D eigenvalue weighted by atomic mass is 10.3. The maximum Gasteiger partial charge on any atom is 0.221 e. The predicted molar refractivity (Wildman–Crippen MR) is 86.0 cm³/mol. The maximum absolute atomic E-state index is 12.9. The number of hydrogen-bond acceptors (Lipinski definition) is 3. The van der Waals surface area contributed by atoms with E-state index in [1.807, 2.05) is 19.3 Å². The van der Waals surface area contributed by atoms with Crippen LogP contribution in [0.1, 0.15) is 12.1 Å². The molecule has 0 aliphatic heterocycles. The van der Waals surface area contributed by atoms with E-state index in [9.17, 15) is 9.18 Å². The van der Waals surface area contributed by atoms with Gasteiger partial charge in [-0.15, -0.1) is 12.4 Å². The van der Waals surface area contributed by atoms with Crippen molar-refractivity contribution in [1.29, 1.82) is 0 Å². The highest BCUT2D eigenvalue weighted by Crippen LogP contribution is 2.09. The van der Waals surface area contributed by atoms with Crippen molar-refractivity contribution in [3.8, 4) is 5.69 Å². The van der Waals surface area contributed by atoms with E-state index in [1.54, 1.807) is 16.8 Å². The standard InChI is InChI=1S/C15H19FN4O.ClH/c1-17-9-7-15(21)18-10-6-13-8-11-20(19-13)14-4-2-12(16)3-5-14;/h2-5,8,11,17H,6-7,9-10H2,1H3,(H,18,21);1H. The third kappa shape index (κ3) is 5.46. The Morgan fingerprint density at radius 3 is 2.64 bits per heavy atom. The number of benzene rings is 1. The molecular formula is C15H20ClFN4O. The number of hydrogen-bond donors (Lipinski definition) is 2. The Kier molecular flexibility index (Phi) is 7.56. The van der Waals surface area contributed by atoms with Crippen molar-refractivity contribution in [2.45, 2.75) is 12.8 Å². The second-order valence-corrected chi connectivity index (χ2v) is 4.68. The average Bonchev–Trinajstić information content (AvgIpc) is 2.95. The number of halogens is 2. The van der Waals surface area contributed by atoms with Gasteiger partial charge >= 0.3 is 0 Å². The summed E-state index contributed by atoms with van der Waals surface area (Å²) < 4.78 is 14.6. The first-order valence-electron chi connectivity index (χ1n) is 6.91. The minimum absolute atomic E-state index is 0. The molecule has 1 amide bonds. The third-order valence-corrected chi connectivity index (χ3v) is 3.04. The van der Waals surface area contributed by atoms with Crippen LogP contribution in [0, 0.1) is 5.82 Å². The Hall–Kier alpha value is -1.92. The van der Waals surface area contributed by atoms with Gasteiger partial charge in [-0.05, 0) is 37.4 Å². The Morgan fingerprint density at radius 1 is 1.23 bits per heavy atom. The van der Waals surface area contributed by atoms with E-state index >= 15 is 0 Å². The van der Waals surface area contributed by atoms with Crippen LogP contribution in [-0.4, -0.2) is 35.8 Å². The van der Waals surface area contributed by atoms with Crippen molar-refractivity contribution in [3.63, 3.8) is 0 Å². The fourth-order valence-corrected chi connectivity index (χ4v) is 1.89. The normalized spacial score (nSPS) is 10.1. The van der Waals surface area contributed by atoms with Crippen molar-refractivity contribution in [2.75, 3.05) is 20.1 Å². The zero-order chi connectivity index (χ0) is 15.1. The molecule has 1 aromatic carbocycles. The summed E-state index contributed by atoms with van der Waals surface area (Å²) in [7, 11) is 1.81. The Morgan fingerprint density at radius 2 is 1.95 bits per heavy atom. The Balaban J connectivity index is 0.00000242. The molecule has 0 saturated carbocycles. The lowest BCUT2D eigenvalue weighted by Gasteiger charge is -2.03. The van der Waals surface area contributed by atoms with Crippen LogP contribution in [-0.2, 0) is 11.2 Å². The molecule has 0 aliphatic carbocycles. The number of nitrogens with zero attached hydrogens (tertiary/aromatic N) is 2. The summed E-state index contributed by atoms with van der Waals surface area (Å²) in [6.07, 6.45) is 2.96. The first-order valence-corrected chi connectivity index (χ1v) is 6.91. The molecule has 1 aromatic heterocycles. The van der Waals surface area contributed by atoms with Gasteiger partial charge in [0.15, 0.2) is 0 Å². The maximum atomic E-state index is 12.9. The fraction of sp³-hybridized carbons (Fsp3) is 0.333. The van der Waals surface area contributed by atoms with E-state index in [4.69, 9.17) is 0 Å². The zero-order valence-corrected chi connectivity index (χ0v) is 13.2. The Labute approximate surface area is 135 Å². The lowest BCUT2D eigenvalue weighted by molar-refractivity contribution is -0.120. The van der Waals surface area contributed by atoms with E-state index in [1.165, 1.54) is 12.1 Å². The summed E-state index contributed by atoms with van der Waals surface area (Å²) in [5.74, 6) is -0.238. The molecule has 2 rings (SSSR count). The van der Waals surface area contributed by atoms with Crippen molar-refractivity contribution in [3.05, 3.63) is 48.0 Å². The number of amides is 1. The minimum Gasteiger partial charge on any atom is -0.356 e. The van der Waals surface area contributed by atoms with Gasteiger partial charge in [-0.3, -0.25) is 4.79 Å². The highest BCUT2D eigenvalue weighted by Gasteiger charge is 2.03. The van der Waals surface area contributed by atoms with Crippen LogP contribution >= 0.6 is 12.4 Å². The molecule has 0 bridgehead atoms. The van der Waals surface area contributed by atoms with Gasteiger partial charge in [-0.25, -0.2) is 9.07 Å². The molecule has 1 heterocycles. The van der Waals surface area contributed by atoms with Crippen molar-refractivity contribution in [1.82, 2.24) is 20.4 Å². The van der Waals surface area contributed by atoms with Crippen LogP contribution in [0.25, 0.3) is 5.69 Å². The summed E-state index contributed by atoms with van der Waals surface area (Å²) in [5, 5.41) is 10.2. The summed E-state index contributed by atoms with van der Waals surface area (Å²) in [5.41, 5.74) is 1.69. The van der Waals surface area contributed by atoms with Gasteiger partial charge in [0.2, 0.25) is 5.91 Å². The van der Waals surface area contributed by atoms with Gasteiger partial charge < -0.3 is 10.6 Å². The van der Waals surface area contributed by atoms with Crippen LogP contribution in [0.4, 0.5) is 4.39 Å². The average molecular weight is 327 g/mol. The highest BCUT2D eigenvalue weighted by atomic mass is 35.5. The van der Waals surface area contributed by atoms with Crippen LogP contribution in [0.5, 0.6) is 0 Å². The summed E-state index contributed by atoms with van der Waals surface area (Å²) in [6, 6.07) is 8.04. The number of carbonyl (C=O) groups is 1. The SMILES string of the molecule is CNCCC(=O)NCCc1ccn(-c2ccc(F)cc2)n1.Cl. The minimum atomic E-state index is -0.268. The molecule has 0 aliphatic rings. The van der Waals surface area contributed by atoms with E-state index in [2.05, 4.69) is 15.7 Å². The van der Waals surface area contributed by atoms with Gasteiger partial charge in [-0.1, -0.05) is 0 Å². The van der Waals surface area contributed by atoms with Gasteiger partial charge in [0, 0.05) is 32.1 Å². The molecule has 0 radical (unpaired) electrons. The van der Waals surface area contributed by atoms with E-state index in [-0.39, 0.29) is 24.1 Å². The summed E-state index contributed by atoms with van der Waals surface area (Å²) in [6.45, 7) is 1.23. The molecule has 0 fully saturated rings. The van der Waals surface area contributed by atoms with Crippen molar-refractivity contribution in [2.24, 2.45) is 0 Å². The monoisotopic (exact) mass is 326 g/mol. The quantitative estimate of drug-likeness (QED) is 0.814. The van der Waals surface area contributed by atoms with Crippen LogP contribution in [0.3, 0.4) is 0 Å². The molecule has 120 valence electrons. The first-order chi connectivity index (χ1) is 10.2. The summed E-state index contributed by atoms with van der Waals surface area (Å²) >= 11 is 0. The topological polar surface area (TPSA) is 59.0 Å². The molecule has 22 heavy (non-hydrogen) atoms. The molecule has 0 spiro atoms. The molecule has 0 unspecified atom stereocenters. The van der Waals surface area contributed by atoms with Gasteiger partial charge in [0.1, 0.15) is 5.82 Å². The summed E-state index contributed by atoms with van der Waals surface area (Å²) in [4.78, 5) is 11.4. The number of nitrogens with one attached hydrogen (secondary N) is 2.